The van der Waals surface area contributed by atoms with E-state index in [1.54, 1.807) is 0 Å². The van der Waals surface area contributed by atoms with E-state index in [0.717, 1.165) is 0 Å². The minimum Gasteiger partial charge on any atom is -0.300 e. The van der Waals surface area contributed by atoms with Gasteiger partial charge in [-0.1, -0.05) is 22.6 Å². The maximum Gasteiger partial charge on any atom is 0.164 e. The topological polar surface area (TPSA) is 17.1 Å². The van der Waals surface area contributed by atoms with Crippen LogP contribution in [0.25, 0.3) is 0 Å². The van der Waals surface area contributed by atoms with E-state index >= 15 is 0 Å². The molecule has 0 aromatic rings. The van der Waals surface area contributed by atoms with Crippen LogP contribution in [-0.4, -0.2) is 16.9 Å². The van der Waals surface area contributed by atoms with Crippen molar-refractivity contribution in [2.75, 3.05) is 4.43 Å². The molecule has 0 spiro atoms. The summed E-state index contributed by atoms with van der Waals surface area (Å²) in [5.41, 5.74) is 0. The van der Waals surface area contributed by atoms with Gasteiger partial charge in [0.15, 0.2) is 12.5 Å². The number of rotatable bonds is 2. The van der Waals surface area contributed by atoms with Crippen LogP contribution in [-0.2, 0) is 4.79 Å². The minimum absolute atomic E-state index is 0.265. The van der Waals surface area contributed by atoms with E-state index in [1.165, 1.54) is 0 Å². The summed E-state index contributed by atoms with van der Waals surface area (Å²) in [5, 5.41) is 0. The van der Waals surface area contributed by atoms with E-state index in [9.17, 15) is 9.18 Å². The van der Waals surface area contributed by atoms with Crippen LogP contribution in [0.3, 0.4) is 0 Å². The van der Waals surface area contributed by atoms with Crippen LogP contribution >= 0.6 is 22.6 Å². The summed E-state index contributed by atoms with van der Waals surface area (Å²) in [6, 6.07) is 0. The zero-order valence-corrected chi connectivity index (χ0v) is 5.18. The third-order valence-corrected chi connectivity index (χ3v) is 1.14. The van der Waals surface area contributed by atoms with Crippen molar-refractivity contribution in [3.8, 4) is 0 Å². The predicted molar refractivity (Wildman–Crippen MR) is 29.8 cm³/mol. The maximum atomic E-state index is 11.5. The van der Waals surface area contributed by atoms with Gasteiger partial charge in [0.25, 0.3) is 0 Å². The van der Waals surface area contributed by atoms with Gasteiger partial charge in [0, 0.05) is 4.43 Å². The Balaban J connectivity index is 2.96. The van der Waals surface area contributed by atoms with Crippen LogP contribution in [0.5, 0.6) is 0 Å². The zero-order valence-electron chi connectivity index (χ0n) is 3.03. The largest absolute Gasteiger partial charge is 0.300 e. The average molecular weight is 202 g/mol. The fraction of sp³-hybridized carbons (Fsp3) is 0.667. The van der Waals surface area contributed by atoms with Crippen LogP contribution in [0.15, 0.2) is 0 Å². The van der Waals surface area contributed by atoms with Gasteiger partial charge in [-0.25, -0.2) is 4.39 Å². The number of aldehydes is 1. The second kappa shape index (κ2) is 3.52. The molecule has 0 radical (unpaired) electrons. The Bertz CT molecular complexity index is 48.1. The van der Waals surface area contributed by atoms with Crippen molar-refractivity contribution in [2.45, 2.75) is 6.17 Å². The van der Waals surface area contributed by atoms with Gasteiger partial charge in [-0.2, -0.15) is 0 Å². The fourth-order valence-corrected chi connectivity index (χ4v) is 0.244. The highest BCUT2D eigenvalue weighted by Gasteiger charge is 1.96. The van der Waals surface area contributed by atoms with Gasteiger partial charge in [0.1, 0.15) is 0 Å². The summed E-state index contributed by atoms with van der Waals surface area (Å²) >= 11 is 1.81. The molecule has 0 aliphatic rings. The predicted octanol–water partition coefficient (Wildman–Crippen LogP) is 0.958. The minimum atomic E-state index is -1.26. The molecule has 0 N–H and O–H groups in total. The molecule has 0 saturated heterocycles. The van der Waals surface area contributed by atoms with Crippen LogP contribution in [0.2, 0.25) is 0 Å². The first-order valence-corrected chi connectivity index (χ1v) is 2.99. The Labute approximate surface area is 49.1 Å². The molecule has 0 fully saturated rings. The first kappa shape index (κ1) is 6.33. The lowest BCUT2D eigenvalue weighted by atomic mass is 10.5. The molecule has 0 amide bonds. The van der Waals surface area contributed by atoms with Crippen molar-refractivity contribution in [2.24, 2.45) is 0 Å². The van der Waals surface area contributed by atoms with Crippen LogP contribution in [0.4, 0.5) is 4.39 Å². The van der Waals surface area contributed by atoms with Gasteiger partial charge in [-0.15, -0.1) is 0 Å². The Morgan fingerprint density at radius 3 is 2.50 bits per heavy atom. The lowest BCUT2D eigenvalue weighted by Gasteiger charge is -1.83. The van der Waals surface area contributed by atoms with Gasteiger partial charge in [0.2, 0.25) is 0 Å². The van der Waals surface area contributed by atoms with Crippen LogP contribution in [0.1, 0.15) is 0 Å². The smallest absolute Gasteiger partial charge is 0.164 e. The molecule has 0 bridgehead atoms. The first-order chi connectivity index (χ1) is 2.81. The third-order valence-electron chi connectivity index (χ3n) is 0.295. The van der Waals surface area contributed by atoms with E-state index in [1.807, 2.05) is 22.6 Å². The van der Waals surface area contributed by atoms with Crippen molar-refractivity contribution < 1.29 is 9.18 Å². The molecular formula is C3H4FIO. The summed E-state index contributed by atoms with van der Waals surface area (Å²) in [7, 11) is 0. The number of halogens is 2. The fourth-order valence-electron chi connectivity index (χ4n) is 0.0364. The second-order valence-corrected chi connectivity index (χ2v) is 1.69. The van der Waals surface area contributed by atoms with Crippen molar-refractivity contribution in [1.82, 2.24) is 0 Å². The molecule has 3 heteroatoms. The quantitative estimate of drug-likeness (QED) is 0.370. The van der Waals surface area contributed by atoms with Gasteiger partial charge in [-0.05, 0) is 0 Å². The Kier molecular flexibility index (Phi) is 3.71. The molecule has 0 heterocycles. The molecule has 0 unspecified atom stereocenters. The van der Waals surface area contributed by atoms with Crippen LogP contribution < -0.4 is 0 Å². The lowest BCUT2D eigenvalue weighted by Crippen LogP contribution is -2.00. The molecule has 1 atom stereocenters. The molecule has 36 valence electrons. The summed E-state index contributed by atoms with van der Waals surface area (Å²) < 4.78 is 11.8. The van der Waals surface area contributed by atoms with Gasteiger partial charge in [0.05, 0.1) is 0 Å². The highest BCUT2D eigenvalue weighted by atomic mass is 127. The first-order valence-electron chi connectivity index (χ1n) is 1.46. The number of alkyl halides is 2. The zero-order chi connectivity index (χ0) is 4.99. The summed E-state index contributed by atoms with van der Waals surface area (Å²) in [4.78, 5) is 9.36. The Hall–Kier alpha value is 0.330. The highest BCUT2D eigenvalue weighted by Crippen LogP contribution is 1.90. The van der Waals surface area contributed by atoms with Crippen molar-refractivity contribution in [1.29, 1.82) is 0 Å². The van der Waals surface area contributed by atoms with E-state index in [2.05, 4.69) is 0 Å². The highest BCUT2D eigenvalue weighted by molar-refractivity contribution is 14.1. The number of carbonyl (C=O) groups excluding carboxylic acids is 1. The SMILES string of the molecule is O=C[C@@H](F)CI. The summed E-state index contributed by atoms with van der Waals surface area (Å²) in [6.07, 6.45) is -0.961. The summed E-state index contributed by atoms with van der Waals surface area (Å²) in [6.45, 7) is 0. The van der Waals surface area contributed by atoms with Gasteiger partial charge >= 0.3 is 0 Å². The molecule has 0 aliphatic heterocycles. The standard InChI is InChI=1S/C3H4FIO/c4-3(1-5)2-6/h2-3H,1H2/t3-/m0/s1. The molecule has 0 rings (SSSR count). The molecule has 0 aromatic heterocycles. The van der Waals surface area contributed by atoms with Crippen molar-refractivity contribution >= 4 is 28.9 Å². The lowest BCUT2D eigenvalue weighted by molar-refractivity contribution is -0.111. The van der Waals surface area contributed by atoms with E-state index in [-0.39, 0.29) is 4.43 Å². The van der Waals surface area contributed by atoms with Gasteiger partial charge in [-0.3, -0.25) is 0 Å². The van der Waals surface area contributed by atoms with Crippen molar-refractivity contribution in [3.63, 3.8) is 0 Å². The second-order valence-electron chi connectivity index (χ2n) is 0.806. The molecule has 0 aromatic carbocycles. The summed E-state index contributed by atoms with van der Waals surface area (Å²) in [5.74, 6) is 0. The molecule has 6 heavy (non-hydrogen) atoms. The molecule has 0 aliphatic carbocycles. The van der Waals surface area contributed by atoms with Crippen molar-refractivity contribution in [3.05, 3.63) is 0 Å². The van der Waals surface area contributed by atoms with E-state index in [4.69, 9.17) is 0 Å². The third kappa shape index (κ3) is 2.56. The van der Waals surface area contributed by atoms with Crippen LogP contribution in [0, 0.1) is 0 Å². The monoisotopic (exact) mass is 202 g/mol. The molecular weight excluding hydrogens is 198 g/mol. The normalized spacial score (nSPS) is 13.7. The average Bonchev–Trinajstić information content (AvgIpc) is 1.65. The Morgan fingerprint density at radius 1 is 2.00 bits per heavy atom. The maximum absolute atomic E-state index is 11.5. The van der Waals surface area contributed by atoms with E-state index < -0.39 is 6.17 Å². The Morgan fingerprint density at radius 2 is 2.50 bits per heavy atom. The molecule has 1 nitrogen and oxygen atoms in total. The van der Waals surface area contributed by atoms with E-state index in [0.29, 0.717) is 6.29 Å². The number of hydrogen-bond acceptors (Lipinski definition) is 1. The number of hydrogen-bond donors (Lipinski definition) is 0. The van der Waals surface area contributed by atoms with Gasteiger partial charge < -0.3 is 4.79 Å². The molecule has 0 saturated carbocycles. The number of carbonyl (C=O) groups is 1.